The van der Waals surface area contributed by atoms with E-state index in [2.05, 4.69) is 77.8 Å². The van der Waals surface area contributed by atoms with Gasteiger partial charge in [0, 0.05) is 37.8 Å². The third kappa shape index (κ3) is 2.10. The van der Waals surface area contributed by atoms with Gasteiger partial charge >= 0.3 is 0 Å². The maximum absolute atomic E-state index is 4.12. The lowest BCUT2D eigenvalue weighted by Gasteiger charge is -2.07. The van der Waals surface area contributed by atoms with Crippen molar-refractivity contribution in [2.24, 2.45) is 0 Å². The highest BCUT2D eigenvalue weighted by Gasteiger charge is 2.12. The summed E-state index contributed by atoms with van der Waals surface area (Å²) in [4.78, 5) is 4.12. The van der Waals surface area contributed by atoms with Crippen LogP contribution in [0.5, 0.6) is 0 Å². The van der Waals surface area contributed by atoms with E-state index in [1.54, 1.807) is 0 Å². The molecule has 2 aromatic heterocycles. The molecular weight excluding hydrogens is 392 g/mol. The lowest BCUT2D eigenvalue weighted by molar-refractivity contribution is 1.15. The number of halogens is 2. The fraction of sp³-hybridized carbons (Fsp3) is 0. The van der Waals surface area contributed by atoms with Gasteiger partial charge in [-0.05, 0) is 36.4 Å². The fourth-order valence-corrected chi connectivity index (χ4v) is 3.43. The number of pyridine rings is 1. The van der Waals surface area contributed by atoms with E-state index in [0.717, 1.165) is 14.6 Å². The quantitative estimate of drug-likeness (QED) is 0.399. The van der Waals surface area contributed by atoms with Gasteiger partial charge in [0.2, 0.25) is 0 Å². The molecule has 0 N–H and O–H groups in total. The highest BCUT2D eigenvalue weighted by atomic mass is 79.9. The van der Waals surface area contributed by atoms with Crippen LogP contribution >= 0.6 is 31.9 Å². The van der Waals surface area contributed by atoms with Crippen LogP contribution in [-0.4, -0.2) is 9.55 Å². The van der Waals surface area contributed by atoms with Crippen LogP contribution in [0.25, 0.3) is 27.5 Å². The average molecular weight is 402 g/mol. The zero-order chi connectivity index (χ0) is 14.4. The van der Waals surface area contributed by atoms with Crippen molar-refractivity contribution in [3.05, 3.63) is 69.9 Å². The van der Waals surface area contributed by atoms with E-state index in [9.17, 15) is 0 Å². The zero-order valence-electron chi connectivity index (χ0n) is 10.9. The first-order valence-electron chi connectivity index (χ1n) is 6.54. The minimum Gasteiger partial charge on any atom is -0.309 e. The first-order valence-corrected chi connectivity index (χ1v) is 8.12. The van der Waals surface area contributed by atoms with E-state index in [0.29, 0.717) is 0 Å². The minimum atomic E-state index is 1.08. The Labute approximate surface area is 138 Å². The van der Waals surface area contributed by atoms with Gasteiger partial charge < -0.3 is 4.57 Å². The Morgan fingerprint density at radius 3 is 1.76 bits per heavy atom. The predicted octanol–water partition coefficient (Wildman–Crippen LogP) is 5.70. The molecular formula is C17H10Br2N2. The summed E-state index contributed by atoms with van der Waals surface area (Å²) in [6, 6.07) is 16.9. The molecule has 0 radical (unpaired) electrons. The second kappa shape index (κ2) is 4.97. The first kappa shape index (κ1) is 13.0. The van der Waals surface area contributed by atoms with Crippen molar-refractivity contribution < 1.29 is 0 Å². The third-order valence-corrected chi connectivity index (χ3v) is 4.60. The standard InChI is InChI=1S/C17H10Br2N2/c18-11-1-3-14-15-4-2-12(19)10-17(15)21(16(14)9-11)13-5-7-20-8-6-13/h1-10H. The van der Waals surface area contributed by atoms with Crippen molar-refractivity contribution in [3.8, 4) is 5.69 Å². The topological polar surface area (TPSA) is 17.8 Å². The second-order valence-electron chi connectivity index (χ2n) is 4.86. The molecule has 0 amide bonds. The van der Waals surface area contributed by atoms with Crippen molar-refractivity contribution in [1.82, 2.24) is 9.55 Å². The maximum atomic E-state index is 4.12. The molecule has 0 saturated heterocycles. The lowest BCUT2D eigenvalue weighted by Crippen LogP contribution is -1.93. The number of hydrogen-bond donors (Lipinski definition) is 0. The van der Waals surface area contributed by atoms with Gasteiger partial charge in [0.05, 0.1) is 11.0 Å². The molecule has 2 aromatic carbocycles. The molecule has 21 heavy (non-hydrogen) atoms. The SMILES string of the molecule is Brc1ccc2c3ccc(Br)cc3n(-c3ccncc3)c2c1. The summed E-state index contributed by atoms with van der Waals surface area (Å²) in [6.45, 7) is 0. The van der Waals surface area contributed by atoms with Crippen LogP contribution in [0, 0.1) is 0 Å². The number of aromatic nitrogens is 2. The Balaban J connectivity index is 2.24. The molecule has 0 bridgehead atoms. The van der Waals surface area contributed by atoms with E-state index < -0.39 is 0 Å². The molecule has 0 unspecified atom stereocenters. The first-order chi connectivity index (χ1) is 10.2. The molecule has 4 aromatic rings. The summed E-state index contributed by atoms with van der Waals surface area (Å²) in [5.74, 6) is 0. The van der Waals surface area contributed by atoms with Gasteiger partial charge in [-0.25, -0.2) is 0 Å². The zero-order valence-corrected chi connectivity index (χ0v) is 14.1. The number of rotatable bonds is 1. The van der Waals surface area contributed by atoms with Crippen LogP contribution < -0.4 is 0 Å². The molecule has 4 heteroatoms. The van der Waals surface area contributed by atoms with Crippen LogP contribution in [0.1, 0.15) is 0 Å². The van der Waals surface area contributed by atoms with Gasteiger partial charge in [-0.1, -0.05) is 44.0 Å². The normalized spacial score (nSPS) is 11.3. The summed E-state index contributed by atoms with van der Waals surface area (Å²) in [6.07, 6.45) is 3.64. The smallest absolute Gasteiger partial charge is 0.0552 e. The van der Waals surface area contributed by atoms with Crippen LogP contribution in [0.3, 0.4) is 0 Å². The molecule has 0 spiro atoms. The molecule has 0 fully saturated rings. The Hall–Kier alpha value is -1.65. The number of fused-ring (bicyclic) bond motifs is 3. The molecule has 0 saturated carbocycles. The average Bonchev–Trinajstić information content (AvgIpc) is 2.80. The van der Waals surface area contributed by atoms with Crippen molar-refractivity contribution in [1.29, 1.82) is 0 Å². The number of hydrogen-bond acceptors (Lipinski definition) is 1. The van der Waals surface area contributed by atoms with Gasteiger partial charge in [0.15, 0.2) is 0 Å². The van der Waals surface area contributed by atoms with E-state index in [4.69, 9.17) is 0 Å². The molecule has 4 rings (SSSR count). The summed E-state index contributed by atoms with van der Waals surface area (Å²) in [5.41, 5.74) is 3.48. The van der Waals surface area contributed by atoms with Gasteiger partial charge in [-0.15, -0.1) is 0 Å². The predicted molar refractivity (Wildman–Crippen MR) is 94.0 cm³/mol. The Morgan fingerprint density at radius 1 is 0.714 bits per heavy atom. The third-order valence-electron chi connectivity index (χ3n) is 3.61. The van der Waals surface area contributed by atoms with Gasteiger partial charge in [0.1, 0.15) is 0 Å². The lowest BCUT2D eigenvalue weighted by atomic mass is 10.2. The molecule has 0 atom stereocenters. The molecule has 0 aliphatic rings. The van der Waals surface area contributed by atoms with Gasteiger partial charge in [-0.2, -0.15) is 0 Å². The fourth-order valence-electron chi connectivity index (χ4n) is 2.74. The summed E-state index contributed by atoms with van der Waals surface area (Å²) in [7, 11) is 0. The Bertz CT molecular complexity index is 900. The minimum absolute atomic E-state index is 1.08. The van der Waals surface area contributed by atoms with E-state index in [1.165, 1.54) is 21.8 Å². The highest BCUT2D eigenvalue weighted by Crippen LogP contribution is 2.34. The largest absolute Gasteiger partial charge is 0.309 e. The summed E-state index contributed by atoms with van der Waals surface area (Å²) >= 11 is 7.15. The summed E-state index contributed by atoms with van der Waals surface area (Å²) in [5, 5.41) is 2.50. The molecule has 2 heterocycles. The molecule has 0 aliphatic heterocycles. The van der Waals surface area contributed by atoms with Crippen molar-refractivity contribution in [3.63, 3.8) is 0 Å². The van der Waals surface area contributed by atoms with Gasteiger partial charge in [-0.3, -0.25) is 4.98 Å². The Morgan fingerprint density at radius 2 is 1.24 bits per heavy atom. The summed E-state index contributed by atoms with van der Waals surface area (Å²) < 4.78 is 4.42. The van der Waals surface area contributed by atoms with E-state index in [1.807, 2.05) is 24.5 Å². The van der Waals surface area contributed by atoms with Crippen LogP contribution in [-0.2, 0) is 0 Å². The maximum Gasteiger partial charge on any atom is 0.0552 e. The monoisotopic (exact) mass is 400 g/mol. The number of nitrogens with zero attached hydrogens (tertiary/aromatic N) is 2. The van der Waals surface area contributed by atoms with Gasteiger partial charge in [0.25, 0.3) is 0 Å². The van der Waals surface area contributed by atoms with Crippen molar-refractivity contribution in [2.75, 3.05) is 0 Å². The van der Waals surface area contributed by atoms with Crippen LogP contribution in [0.15, 0.2) is 69.9 Å². The van der Waals surface area contributed by atoms with Crippen molar-refractivity contribution in [2.45, 2.75) is 0 Å². The molecule has 2 nitrogen and oxygen atoms in total. The Kier molecular flexibility index (Phi) is 3.08. The highest BCUT2D eigenvalue weighted by molar-refractivity contribution is 9.10. The molecule has 0 aliphatic carbocycles. The van der Waals surface area contributed by atoms with E-state index in [-0.39, 0.29) is 0 Å². The van der Waals surface area contributed by atoms with Crippen LogP contribution in [0.4, 0.5) is 0 Å². The van der Waals surface area contributed by atoms with Crippen molar-refractivity contribution >= 4 is 53.7 Å². The second-order valence-corrected chi connectivity index (χ2v) is 6.70. The molecule has 102 valence electrons. The number of benzene rings is 2. The van der Waals surface area contributed by atoms with Crippen LogP contribution in [0.2, 0.25) is 0 Å². The van der Waals surface area contributed by atoms with E-state index >= 15 is 0 Å².